The van der Waals surface area contributed by atoms with Gasteiger partial charge >= 0.3 is 0 Å². The van der Waals surface area contributed by atoms with E-state index in [1.54, 1.807) is 0 Å². The Morgan fingerprint density at radius 2 is 1.84 bits per heavy atom. The highest BCUT2D eigenvalue weighted by Crippen LogP contribution is 2.32. The third-order valence-corrected chi connectivity index (χ3v) is 3.17. The first-order valence-electron chi connectivity index (χ1n) is 5.48. The normalized spacial score (nSPS) is 11.2. The predicted molar refractivity (Wildman–Crippen MR) is 69.0 cm³/mol. The molecule has 6 nitrogen and oxygen atoms in total. The summed E-state index contributed by atoms with van der Waals surface area (Å²) in [5.41, 5.74) is 0.174. The molecule has 0 radical (unpaired) electrons. The summed E-state index contributed by atoms with van der Waals surface area (Å²) < 4.78 is 53.2. The molecule has 2 N–H and O–H groups in total. The molecule has 8 heteroatoms. The van der Waals surface area contributed by atoms with E-state index in [1.165, 1.54) is 26.4 Å². The molecular formula is C11H16FNO5S. The van der Waals surface area contributed by atoms with Crippen molar-refractivity contribution in [3.8, 4) is 11.5 Å². The fourth-order valence-electron chi connectivity index (χ4n) is 1.47. The first kappa shape index (κ1) is 15.5. The van der Waals surface area contributed by atoms with E-state index in [1.807, 2.05) is 0 Å². The molecule has 0 spiro atoms. The second-order valence-electron chi connectivity index (χ2n) is 3.75. The number of rotatable bonds is 7. The smallest absolute Gasteiger partial charge is 0.264 e. The first-order valence-corrected chi connectivity index (χ1v) is 7.09. The van der Waals surface area contributed by atoms with Gasteiger partial charge in [0.05, 0.1) is 25.7 Å². The molecule has 0 bridgehead atoms. The first-order chi connectivity index (χ1) is 8.87. The highest BCUT2D eigenvalue weighted by Gasteiger charge is 2.11. The van der Waals surface area contributed by atoms with Crippen LogP contribution in [-0.4, -0.2) is 39.5 Å². The van der Waals surface area contributed by atoms with Gasteiger partial charge in [-0.3, -0.25) is 4.55 Å². The quantitative estimate of drug-likeness (QED) is 0.586. The number of methoxy groups -OCH3 is 2. The van der Waals surface area contributed by atoms with Crippen molar-refractivity contribution in [1.82, 2.24) is 0 Å². The van der Waals surface area contributed by atoms with E-state index >= 15 is 0 Å². The SMILES string of the molecule is COc1cc(F)c(NCCCS(=O)(=O)O)cc1OC. The van der Waals surface area contributed by atoms with Gasteiger partial charge in [-0.05, 0) is 6.42 Å². The summed E-state index contributed by atoms with van der Waals surface area (Å²) in [6.07, 6.45) is 0.159. The van der Waals surface area contributed by atoms with Gasteiger partial charge in [0.25, 0.3) is 10.1 Å². The minimum atomic E-state index is -3.99. The Morgan fingerprint density at radius 1 is 1.26 bits per heavy atom. The van der Waals surface area contributed by atoms with Crippen LogP contribution in [0.15, 0.2) is 12.1 Å². The number of halogens is 1. The van der Waals surface area contributed by atoms with Crippen LogP contribution in [0, 0.1) is 5.82 Å². The molecule has 1 rings (SSSR count). The maximum absolute atomic E-state index is 13.6. The number of benzene rings is 1. The van der Waals surface area contributed by atoms with Crippen LogP contribution < -0.4 is 14.8 Å². The Kier molecular flexibility index (Phi) is 5.37. The molecule has 0 aliphatic heterocycles. The molecule has 0 heterocycles. The molecule has 19 heavy (non-hydrogen) atoms. The lowest BCUT2D eigenvalue weighted by atomic mass is 10.2. The van der Waals surface area contributed by atoms with Gasteiger partial charge in [-0.1, -0.05) is 0 Å². The highest BCUT2D eigenvalue weighted by atomic mass is 32.2. The Balaban J connectivity index is 2.68. The van der Waals surface area contributed by atoms with Crippen LogP contribution in [0.1, 0.15) is 6.42 Å². The number of nitrogens with one attached hydrogen (secondary N) is 1. The van der Waals surface area contributed by atoms with Crippen molar-refractivity contribution in [2.45, 2.75) is 6.42 Å². The maximum atomic E-state index is 13.6. The van der Waals surface area contributed by atoms with Gasteiger partial charge in [-0.25, -0.2) is 4.39 Å². The van der Waals surface area contributed by atoms with E-state index < -0.39 is 15.9 Å². The maximum Gasteiger partial charge on any atom is 0.264 e. The van der Waals surface area contributed by atoms with Crippen molar-refractivity contribution >= 4 is 15.8 Å². The summed E-state index contributed by atoms with van der Waals surface area (Å²) in [5.74, 6) is -0.288. The molecule has 0 atom stereocenters. The lowest BCUT2D eigenvalue weighted by Crippen LogP contribution is -2.11. The minimum absolute atomic E-state index is 0.159. The van der Waals surface area contributed by atoms with Gasteiger partial charge in [0.15, 0.2) is 11.5 Å². The standard InChI is InChI=1S/C11H16FNO5S/c1-17-10-6-8(12)9(7-11(10)18-2)13-4-3-5-19(14,15)16/h6-7,13H,3-5H2,1-2H3,(H,14,15,16). The Morgan fingerprint density at radius 3 is 2.37 bits per heavy atom. The highest BCUT2D eigenvalue weighted by molar-refractivity contribution is 7.85. The fraction of sp³-hybridized carbons (Fsp3) is 0.455. The monoisotopic (exact) mass is 293 g/mol. The average molecular weight is 293 g/mol. The van der Waals surface area contributed by atoms with E-state index in [2.05, 4.69) is 5.32 Å². The zero-order valence-electron chi connectivity index (χ0n) is 10.6. The number of hydrogen-bond donors (Lipinski definition) is 2. The summed E-state index contributed by atoms with van der Waals surface area (Å²) in [4.78, 5) is 0. The van der Waals surface area contributed by atoms with Gasteiger partial charge in [0, 0.05) is 18.7 Å². The largest absolute Gasteiger partial charge is 0.493 e. The summed E-state index contributed by atoms with van der Waals surface area (Å²) in [5, 5.41) is 2.73. The third-order valence-electron chi connectivity index (χ3n) is 2.37. The Bertz CT molecular complexity index is 532. The lowest BCUT2D eigenvalue weighted by Gasteiger charge is -2.12. The van der Waals surface area contributed by atoms with Crippen LogP contribution >= 0.6 is 0 Å². The number of anilines is 1. The Labute approximate surface area is 111 Å². The molecular weight excluding hydrogens is 277 g/mol. The molecule has 0 unspecified atom stereocenters. The van der Waals surface area contributed by atoms with Crippen LogP contribution in [-0.2, 0) is 10.1 Å². The average Bonchev–Trinajstić information content (AvgIpc) is 2.34. The van der Waals surface area contributed by atoms with Gasteiger partial charge < -0.3 is 14.8 Å². The lowest BCUT2D eigenvalue weighted by molar-refractivity contribution is 0.352. The van der Waals surface area contributed by atoms with Gasteiger partial charge in [0.1, 0.15) is 5.82 Å². The molecule has 0 saturated carbocycles. The molecule has 1 aromatic rings. The summed E-state index contributed by atoms with van der Waals surface area (Å²) >= 11 is 0. The van der Waals surface area contributed by atoms with Crippen LogP contribution in [0.2, 0.25) is 0 Å². The van der Waals surface area contributed by atoms with Crippen molar-refractivity contribution in [3.63, 3.8) is 0 Å². The topological polar surface area (TPSA) is 84.9 Å². The second kappa shape index (κ2) is 6.58. The zero-order valence-corrected chi connectivity index (χ0v) is 11.5. The molecule has 0 aliphatic carbocycles. The van der Waals surface area contributed by atoms with E-state index in [4.69, 9.17) is 14.0 Å². The van der Waals surface area contributed by atoms with Gasteiger partial charge in [-0.15, -0.1) is 0 Å². The van der Waals surface area contributed by atoms with Crippen molar-refractivity contribution in [1.29, 1.82) is 0 Å². The second-order valence-corrected chi connectivity index (χ2v) is 5.33. The van der Waals surface area contributed by atoms with Crippen molar-refractivity contribution in [2.24, 2.45) is 0 Å². The summed E-state index contributed by atoms with van der Waals surface area (Å²) in [6, 6.07) is 2.59. The van der Waals surface area contributed by atoms with Gasteiger partial charge in [0.2, 0.25) is 0 Å². The van der Waals surface area contributed by atoms with E-state index in [0.717, 1.165) is 0 Å². The Hall–Kier alpha value is -1.54. The van der Waals surface area contributed by atoms with Crippen molar-refractivity contribution in [3.05, 3.63) is 17.9 Å². The van der Waals surface area contributed by atoms with Crippen LogP contribution in [0.3, 0.4) is 0 Å². The van der Waals surface area contributed by atoms with Crippen molar-refractivity contribution < 1.29 is 26.8 Å². The van der Waals surface area contributed by atoms with E-state index in [-0.39, 0.29) is 30.2 Å². The third kappa shape index (κ3) is 4.92. The van der Waals surface area contributed by atoms with Crippen LogP contribution in [0.4, 0.5) is 10.1 Å². The van der Waals surface area contributed by atoms with Gasteiger partial charge in [-0.2, -0.15) is 8.42 Å². The van der Waals surface area contributed by atoms with Crippen molar-refractivity contribution in [2.75, 3.05) is 31.8 Å². The van der Waals surface area contributed by atoms with E-state index in [0.29, 0.717) is 5.75 Å². The number of ether oxygens (including phenoxy) is 2. The molecule has 0 amide bonds. The predicted octanol–water partition coefficient (Wildman–Crippen LogP) is 1.53. The van der Waals surface area contributed by atoms with Crippen LogP contribution in [0.5, 0.6) is 11.5 Å². The molecule has 0 fully saturated rings. The minimum Gasteiger partial charge on any atom is -0.493 e. The molecule has 0 saturated heterocycles. The number of hydrogen-bond acceptors (Lipinski definition) is 5. The fourth-order valence-corrected chi connectivity index (χ4v) is 1.98. The summed E-state index contributed by atoms with van der Waals surface area (Å²) in [7, 11) is -1.16. The summed E-state index contributed by atoms with van der Waals surface area (Å²) in [6.45, 7) is 0.201. The van der Waals surface area contributed by atoms with E-state index in [9.17, 15) is 12.8 Å². The molecule has 0 aliphatic rings. The molecule has 0 aromatic heterocycles. The zero-order chi connectivity index (χ0) is 14.5. The molecule has 108 valence electrons. The van der Waals surface area contributed by atoms with Crippen LogP contribution in [0.25, 0.3) is 0 Å². The molecule has 1 aromatic carbocycles.